The van der Waals surface area contributed by atoms with Crippen LogP contribution in [0.4, 0.5) is 11.4 Å². The highest BCUT2D eigenvalue weighted by atomic mass is 32.2. The molecule has 0 aliphatic rings. The molecule has 0 unspecified atom stereocenters. The number of aryl methyl sites for hydroxylation is 1. The van der Waals surface area contributed by atoms with Gasteiger partial charge in [0.1, 0.15) is 5.75 Å². The molecule has 2 amide bonds. The molecule has 3 aromatic carbocycles. The lowest BCUT2D eigenvalue weighted by molar-refractivity contribution is -0.118. The molecule has 0 atom stereocenters. The number of carbonyl (C=O) groups is 2. The van der Waals surface area contributed by atoms with Gasteiger partial charge in [-0.1, -0.05) is 24.3 Å². The first-order valence-corrected chi connectivity index (χ1v) is 12.4. The van der Waals surface area contributed by atoms with Gasteiger partial charge in [-0.15, -0.1) is 23.1 Å². The number of amides is 2. The first kappa shape index (κ1) is 23.5. The molecule has 0 aliphatic carbocycles. The number of hydrogen-bond donors (Lipinski definition) is 2. The van der Waals surface area contributed by atoms with E-state index in [1.54, 1.807) is 71.6 Å². The third-order valence-corrected chi connectivity index (χ3v) is 6.56. The molecule has 0 fully saturated rings. The summed E-state index contributed by atoms with van der Waals surface area (Å²) in [6, 6.07) is 23.6. The summed E-state index contributed by atoms with van der Waals surface area (Å²) in [5.41, 5.74) is 2.92. The fourth-order valence-electron chi connectivity index (χ4n) is 3.07. The van der Waals surface area contributed by atoms with E-state index < -0.39 is 0 Å². The molecule has 1 aromatic heterocycles. The summed E-state index contributed by atoms with van der Waals surface area (Å²) in [5.74, 6) is 0.811. The van der Waals surface area contributed by atoms with Gasteiger partial charge in [0.05, 0.1) is 10.7 Å². The van der Waals surface area contributed by atoms with Crippen molar-refractivity contribution >= 4 is 46.3 Å². The van der Waals surface area contributed by atoms with E-state index >= 15 is 0 Å². The van der Waals surface area contributed by atoms with Crippen LogP contribution in [-0.2, 0) is 10.5 Å². The third kappa shape index (κ3) is 6.94. The number of aromatic nitrogens is 1. The number of benzene rings is 3. The van der Waals surface area contributed by atoms with Crippen LogP contribution in [0.5, 0.6) is 5.75 Å². The average Bonchev–Trinajstić information content (AvgIpc) is 3.28. The first-order chi connectivity index (χ1) is 16.5. The molecule has 0 aliphatic heterocycles. The van der Waals surface area contributed by atoms with E-state index in [-0.39, 0.29) is 18.4 Å². The lowest BCUT2D eigenvalue weighted by Gasteiger charge is -2.10. The van der Waals surface area contributed by atoms with E-state index in [4.69, 9.17) is 4.74 Å². The summed E-state index contributed by atoms with van der Waals surface area (Å²) in [6.45, 7) is 1.86. The second-order valence-electron chi connectivity index (χ2n) is 7.36. The first-order valence-electron chi connectivity index (χ1n) is 10.6. The molecule has 34 heavy (non-hydrogen) atoms. The number of ether oxygens (including phenoxy) is 1. The van der Waals surface area contributed by atoms with Gasteiger partial charge in [0.25, 0.3) is 11.8 Å². The van der Waals surface area contributed by atoms with Crippen LogP contribution in [0, 0.1) is 6.92 Å². The molecule has 0 saturated carbocycles. The Morgan fingerprint density at radius 3 is 2.44 bits per heavy atom. The zero-order valence-corrected chi connectivity index (χ0v) is 20.1. The second kappa shape index (κ2) is 11.5. The Morgan fingerprint density at radius 2 is 1.71 bits per heavy atom. The van der Waals surface area contributed by atoms with Crippen molar-refractivity contribution < 1.29 is 14.3 Å². The number of thioether (sulfide) groups is 1. The maximum atomic E-state index is 12.7. The largest absolute Gasteiger partial charge is 0.484 e. The van der Waals surface area contributed by atoms with Gasteiger partial charge in [0.15, 0.2) is 6.61 Å². The van der Waals surface area contributed by atoms with Crippen LogP contribution < -0.4 is 15.4 Å². The molecule has 0 radical (unpaired) electrons. The average molecular weight is 490 g/mol. The van der Waals surface area contributed by atoms with Gasteiger partial charge in [-0.3, -0.25) is 9.59 Å². The van der Waals surface area contributed by atoms with Crippen LogP contribution in [-0.4, -0.2) is 23.4 Å². The predicted octanol–water partition coefficient (Wildman–Crippen LogP) is 6.01. The van der Waals surface area contributed by atoms with Gasteiger partial charge in [-0.2, -0.15) is 0 Å². The number of carbonyl (C=O) groups excluding carboxylic acids is 2. The Balaban J connectivity index is 1.28. The Kier molecular flexibility index (Phi) is 7.95. The SMILES string of the molecule is Cc1nc(CSc2ccc(C(=O)Nc3cccc(OCC(=O)Nc4ccccc4)c3)cc2)cs1. The zero-order valence-electron chi connectivity index (χ0n) is 18.5. The molecule has 6 nitrogen and oxygen atoms in total. The maximum Gasteiger partial charge on any atom is 0.262 e. The van der Waals surface area contributed by atoms with Gasteiger partial charge in [0, 0.05) is 39.0 Å². The topological polar surface area (TPSA) is 80.3 Å². The highest BCUT2D eigenvalue weighted by Crippen LogP contribution is 2.24. The van der Waals surface area contributed by atoms with Crippen LogP contribution in [0.3, 0.4) is 0 Å². The van der Waals surface area contributed by atoms with Crippen molar-refractivity contribution in [1.82, 2.24) is 4.98 Å². The summed E-state index contributed by atoms with van der Waals surface area (Å²) < 4.78 is 5.58. The summed E-state index contributed by atoms with van der Waals surface area (Å²) in [7, 11) is 0. The summed E-state index contributed by atoms with van der Waals surface area (Å²) in [4.78, 5) is 30.3. The van der Waals surface area contributed by atoms with Gasteiger partial charge in [-0.25, -0.2) is 4.98 Å². The minimum absolute atomic E-state index is 0.133. The van der Waals surface area contributed by atoms with E-state index in [2.05, 4.69) is 21.0 Å². The Labute approximate surface area is 206 Å². The Morgan fingerprint density at radius 1 is 0.941 bits per heavy atom. The Bertz CT molecular complexity index is 1260. The molecule has 0 bridgehead atoms. The molecular weight excluding hydrogens is 466 g/mol. The van der Waals surface area contributed by atoms with Crippen molar-refractivity contribution in [3.8, 4) is 5.75 Å². The van der Waals surface area contributed by atoms with Crippen LogP contribution in [0.1, 0.15) is 21.1 Å². The van der Waals surface area contributed by atoms with Crippen molar-refractivity contribution in [2.75, 3.05) is 17.2 Å². The number of thiazole rings is 1. The minimum Gasteiger partial charge on any atom is -0.484 e. The quantitative estimate of drug-likeness (QED) is 0.281. The molecular formula is C26H23N3O3S2. The van der Waals surface area contributed by atoms with Crippen molar-refractivity contribution in [1.29, 1.82) is 0 Å². The standard InChI is InChI=1S/C26H23N3O3S2/c1-18-27-22(16-33-18)17-34-24-12-10-19(11-13-24)26(31)29-21-8-5-9-23(14-21)32-15-25(30)28-20-6-3-2-4-7-20/h2-14,16H,15,17H2,1H3,(H,28,30)(H,29,31). The van der Waals surface area contributed by atoms with Crippen molar-refractivity contribution in [3.63, 3.8) is 0 Å². The molecule has 172 valence electrons. The number of anilines is 2. The summed E-state index contributed by atoms with van der Waals surface area (Å²) in [6.07, 6.45) is 0. The molecule has 0 spiro atoms. The third-order valence-electron chi connectivity index (χ3n) is 4.69. The van der Waals surface area contributed by atoms with E-state index in [0.29, 0.717) is 22.7 Å². The van der Waals surface area contributed by atoms with Gasteiger partial charge >= 0.3 is 0 Å². The number of para-hydroxylation sites is 1. The highest BCUT2D eigenvalue weighted by Gasteiger charge is 2.09. The highest BCUT2D eigenvalue weighted by molar-refractivity contribution is 7.98. The monoisotopic (exact) mass is 489 g/mol. The molecule has 0 saturated heterocycles. The maximum absolute atomic E-state index is 12.7. The lowest BCUT2D eigenvalue weighted by atomic mass is 10.2. The normalized spacial score (nSPS) is 10.5. The number of rotatable bonds is 9. The van der Waals surface area contributed by atoms with Crippen molar-refractivity contribution in [2.24, 2.45) is 0 Å². The van der Waals surface area contributed by atoms with Crippen LogP contribution in [0.25, 0.3) is 0 Å². The molecule has 4 aromatic rings. The molecule has 4 rings (SSSR count). The van der Waals surface area contributed by atoms with Crippen LogP contribution >= 0.6 is 23.1 Å². The van der Waals surface area contributed by atoms with Gasteiger partial charge < -0.3 is 15.4 Å². The van der Waals surface area contributed by atoms with E-state index in [9.17, 15) is 9.59 Å². The van der Waals surface area contributed by atoms with E-state index in [1.165, 1.54) is 0 Å². The fraction of sp³-hybridized carbons (Fsp3) is 0.115. The lowest BCUT2D eigenvalue weighted by Crippen LogP contribution is -2.20. The second-order valence-corrected chi connectivity index (χ2v) is 9.47. The summed E-state index contributed by atoms with van der Waals surface area (Å²) in [5, 5.41) is 8.77. The number of nitrogens with zero attached hydrogens (tertiary/aromatic N) is 1. The van der Waals surface area contributed by atoms with Crippen molar-refractivity contribution in [3.05, 3.63) is 101 Å². The van der Waals surface area contributed by atoms with E-state index in [1.807, 2.05) is 37.3 Å². The zero-order chi connectivity index (χ0) is 23.8. The van der Waals surface area contributed by atoms with Gasteiger partial charge in [0.2, 0.25) is 0 Å². The number of nitrogens with one attached hydrogen (secondary N) is 2. The predicted molar refractivity (Wildman–Crippen MR) is 138 cm³/mol. The molecule has 2 N–H and O–H groups in total. The van der Waals surface area contributed by atoms with Gasteiger partial charge in [-0.05, 0) is 55.5 Å². The minimum atomic E-state index is -0.261. The molecule has 1 heterocycles. The fourth-order valence-corrected chi connectivity index (χ4v) is 4.58. The summed E-state index contributed by atoms with van der Waals surface area (Å²) >= 11 is 3.33. The molecule has 8 heteroatoms. The van der Waals surface area contributed by atoms with Crippen LogP contribution in [0.2, 0.25) is 0 Å². The number of hydrogen-bond acceptors (Lipinski definition) is 6. The smallest absolute Gasteiger partial charge is 0.262 e. The van der Waals surface area contributed by atoms with Crippen LogP contribution in [0.15, 0.2) is 89.1 Å². The Hall–Kier alpha value is -3.62. The van der Waals surface area contributed by atoms with E-state index in [0.717, 1.165) is 21.3 Å². The van der Waals surface area contributed by atoms with Crippen molar-refractivity contribution in [2.45, 2.75) is 17.6 Å².